The van der Waals surface area contributed by atoms with E-state index in [1.54, 1.807) is 47.6 Å². The minimum absolute atomic E-state index is 0.334. The number of carbonyl (C=O) groups is 1. The van der Waals surface area contributed by atoms with Gasteiger partial charge in [-0.05, 0) is 43.0 Å². The molecule has 122 valence electrons. The number of benzene rings is 1. The number of rotatable bonds is 4. The summed E-state index contributed by atoms with van der Waals surface area (Å²) in [5, 5.41) is 4.55. The molecule has 0 spiro atoms. The Balaban J connectivity index is 1.78. The van der Waals surface area contributed by atoms with Gasteiger partial charge in [0.25, 0.3) is 5.91 Å². The zero-order valence-electron chi connectivity index (χ0n) is 13.2. The first-order chi connectivity index (χ1) is 11.6. The van der Waals surface area contributed by atoms with Gasteiger partial charge in [0.2, 0.25) is 0 Å². The summed E-state index contributed by atoms with van der Waals surface area (Å²) in [6.07, 6.45) is 5.29. The Morgan fingerprint density at radius 3 is 2.75 bits per heavy atom. The van der Waals surface area contributed by atoms with E-state index in [1.807, 2.05) is 30.5 Å². The lowest BCUT2D eigenvalue weighted by Gasteiger charge is -2.02. The second-order valence-electron chi connectivity index (χ2n) is 5.09. The Morgan fingerprint density at radius 1 is 1.29 bits per heavy atom. The number of nitrogens with one attached hydrogen (secondary N) is 1. The largest absolute Gasteiger partial charge is 0.294 e. The number of fused-ring (bicyclic) bond motifs is 1. The molecule has 1 N–H and O–H groups in total. The van der Waals surface area contributed by atoms with E-state index in [-0.39, 0.29) is 5.91 Å². The summed E-state index contributed by atoms with van der Waals surface area (Å²) in [6, 6.07) is 11.4. The van der Waals surface area contributed by atoms with Gasteiger partial charge in [0.05, 0.1) is 16.9 Å². The molecule has 0 aliphatic rings. The summed E-state index contributed by atoms with van der Waals surface area (Å²) >= 11 is 7.68. The Kier molecular flexibility index (Phi) is 4.87. The third-order valence-corrected chi connectivity index (χ3v) is 4.43. The van der Waals surface area contributed by atoms with Gasteiger partial charge < -0.3 is 0 Å². The van der Waals surface area contributed by atoms with Gasteiger partial charge in [-0.3, -0.25) is 9.20 Å². The first-order valence-electron chi connectivity index (χ1n) is 7.20. The second-order valence-corrected chi connectivity index (χ2v) is 6.41. The number of hydrogen-bond donors (Lipinski definition) is 1. The fraction of sp³-hybridized carbons (Fsp3) is 0.118. The Morgan fingerprint density at radius 2 is 2.04 bits per heavy atom. The third kappa shape index (κ3) is 3.44. The van der Waals surface area contributed by atoms with Crippen molar-refractivity contribution in [3.05, 3.63) is 64.6 Å². The van der Waals surface area contributed by atoms with Gasteiger partial charge in [0.1, 0.15) is 11.3 Å². The molecule has 1 amide bonds. The number of aryl methyl sites for hydroxylation is 1. The molecule has 0 bridgehead atoms. The summed E-state index contributed by atoms with van der Waals surface area (Å²) in [5.41, 5.74) is 5.15. The highest BCUT2D eigenvalue weighted by Gasteiger charge is 2.16. The Labute approximate surface area is 148 Å². The Bertz CT molecular complexity index is 918. The maximum absolute atomic E-state index is 12.4. The predicted molar refractivity (Wildman–Crippen MR) is 98.2 cm³/mol. The van der Waals surface area contributed by atoms with Gasteiger partial charge in [0, 0.05) is 11.1 Å². The molecule has 0 aliphatic carbocycles. The van der Waals surface area contributed by atoms with Gasteiger partial charge in [-0.25, -0.2) is 10.4 Å². The van der Waals surface area contributed by atoms with Crippen LogP contribution in [0.1, 0.15) is 21.7 Å². The van der Waals surface area contributed by atoms with Crippen molar-refractivity contribution in [2.75, 3.05) is 6.26 Å². The predicted octanol–water partition coefficient (Wildman–Crippen LogP) is 3.78. The molecule has 2 aromatic heterocycles. The van der Waals surface area contributed by atoms with E-state index in [4.69, 9.17) is 11.6 Å². The summed E-state index contributed by atoms with van der Waals surface area (Å²) < 4.78 is 1.66. The summed E-state index contributed by atoms with van der Waals surface area (Å²) in [7, 11) is 0. The lowest BCUT2D eigenvalue weighted by molar-refractivity contribution is 0.0948. The minimum atomic E-state index is -0.334. The fourth-order valence-corrected chi connectivity index (χ4v) is 2.89. The van der Waals surface area contributed by atoms with E-state index >= 15 is 0 Å². The number of carbonyl (C=O) groups excluding carboxylic acids is 1. The van der Waals surface area contributed by atoms with Crippen LogP contribution in [0, 0.1) is 6.92 Å². The molecule has 2 heterocycles. The molecule has 7 heteroatoms. The monoisotopic (exact) mass is 358 g/mol. The molecule has 24 heavy (non-hydrogen) atoms. The topological polar surface area (TPSA) is 58.8 Å². The van der Waals surface area contributed by atoms with Crippen LogP contribution in [0.4, 0.5) is 0 Å². The average Bonchev–Trinajstić information content (AvgIpc) is 2.90. The molecule has 0 fully saturated rings. The van der Waals surface area contributed by atoms with Crippen molar-refractivity contribution in [1.29, 1.82) is 0 Å². The SMILES string of the molecule is CSc1ccc(/C=N\NC(=O)c2c(C)nc3ccc(Cl)cn23)cc1. The van der Waals surface area contributed by atoms with Crippen molar-refractivity contribution in [3.63, 3.8) is 0 Å². The van der Waals surface area contributed by atoms with Crippen LogP contribution < -0.4 is 5.43 Å². The highest BCUT2D eigenvalue weighted by molar-refractivity contribution is 7.98. The number of pyridine rings is 1. The molecule has 0 saturated heterocycles. The van der Waals surface area contributed by atoms with Crippen molar-refractivity contribution in [1.82, 2.24) is 14.8 Å². The van der Waals surface area contributed by atoms with Gasteiger partial charge in [0.15, 0.2) is 0 Å². The van der Waals surface area contributed by atoms with Crippen LogP contribution >= 0.6 is 23.4 Å². The zero-order chi connectivity index (χ0) is 17.1. The third-order valence-electron chi connectivity index (χ3n) is 3.47. The molecular weight excluding hydrogens is 344 g/mol. The zero-order valence-corrected chi connectivity index (χ0v) is 14.7. The number of nitrogens with zero attached hydrogens (tertiary/aromatic N) is 3. The molecule has 3 rings (SSSR count). The number of hydrogen-bond acceptors (Lipinski definition) is 4. The highest BCUT2D eigenvalue weighted by Crippen LogP contribution is 2.16. The minimum Gasteiger partial charge on any atom is -0.294 e. The summed E-state index contributed by atoms with van der Waals surface area (Å²) in [6.45, 7) is 1.78. The summed E-state index contributed by atoms with van der Waals surface area (Å²) in [5.74, 6) is -0.334. The fourth-order valence-electron chi connectivity index (χ4n) is 2.32. The van der Waals surface area contributed by atoms with E-state index in [9.17, 15) is 4.79 Å². The first-order valence-corrected chi connectivity index (χ1v) is 8.80. The summed E-state index contributed by atoms with van der Waals surface area (Å²) in [4.78, 5) is 17.9. The van der Waals surface area contributed by atoms with Crippen molar-refractivity contribution in [3.8, 4) is 0 Å². The average molecular weight is 359 g/mol. The van der Waals surface area contributed by atoms with E-state index < -0.39 is 0 Å². The van der Waals surface area contributed by atoms with E-state index in [0.717, 1.165) is 5.56 Å². The molecule has 0 radical (unpaired) electrons. The highest BCUT2D eigenvalue weighted by atomic mass is 35.5. The number of halogens is 1. The van der Waals surface area contributed by atoms with Crippen LogP contribution in [-0.2, 0) is 0 Å². The second kappa shape index (κ2) is 7.07. The van der Waals surface area contributed by atoms with Gasteiger partial charge in [-0.2, -0.15) is 5.10 Å². The molecule has 1 aromatic carbocycles. The van der Waals surface area contributed by atoms with Crippen LogP contribution in [0.2, 0.25) is 5.02 Å². The van der Waals surface area contributed by atoms with E-state index in [1.165, 1.54) is 4.90 Å². The van der Waals surface area contributed by atoms with Crippen molar-refractivity contribution >= 4 is 41.1 Å². The first kappa shape index (κ1) is 16.5. The number of amides is 1. The standard InChI is InChI=1S/C17H15ClN4OS/c1-11-16(22-10-13(18)5-8-15(22)20-11)17(23)21-19-9-12-3-6-14(24-2)7-4-12/h3-10H,1-2H3,(H,21,23)/b19-9-. The normalized spacial score (nSPS) is 11.3. The van der Waals surface area contributed by atoms with Crippen LogP contribution in [0.3, 0.4) is 0 Å². The molecule has 0 atom stereocenters. The smallest absolute Gasteiger partial charge is 0.290 e. The quantitative estimate of drug-likeness (QED) is 0.438. The lowest BCUT2D eigenvalue weighted by atomic mass is 10.2. The molecule has 3 aromatic rings. The van der Waals surface area contributed by atoms with Crippen molar-refractivity contribution in [2.45, 2.75) is 11.8 Å². The molecule has 0 aliphatic heterocycles. The van der Waals surface area contributed by atoms with Gasteiger partial charge in [-0.15, -0.1) is 11.8 Å². The number of imidazole rings is 1. The maximum Gasteiger partial charge on any atom is 0.290 e. The lowest BCUT2D eigenvalue weighted by Crippen LogP contribution is -2.20. The van der Waals surface area contributed by atoms with Crippen LogP contribution in [0.5, 0.6) is 0 Å². The van der Waals surface area contributed by atoms with Gasteiger partial charge >= 0.3 is 0 Å². The van der Waals surface area contributed by atoms with Crippen molar-refractivity contribution in [2.24, 2.45) is 5.10 Å². The Hall–Kier alpha value is -2.31. The van der Waals surface area contributed by atoms with Crippen LogP contribution in [-0.4, -0.2) is 27.8 Å². The number of thioether (sulfide) groups is 1. The molecular formula is C17H15ClN4OS. The number of hydrazone groups is 1. The van der Waals surface area contributed by atoms with Gasteiger partial charge in [-0.1, -0.05) is 23.7 Å². The molecule has 0 saturated carbocycles. The number of aromatic nitrogens is 2. The molecule has 5 nitrogen and oxygen atoms in total. The van der Waals surface area contributed by atoms with Crippen LogP contribution in [0.25, 0.3) is 5.65 Å². The molecule has 0 unspecified atom stereocenters. The van der Waals surface area contributed by atoms with Crippen LogP contribution in [0.15, 0.2) is 52.6 Å². The van der Waals surface area contributed by atoms with E-state index in [0.29, 0.717) is 22.1 Å². The van der Waals surface area contributed by atoms with E-state index in [2.05, 4.69) is 15.5 Å². The van der Waals surface area contributed by atoms with Crippen molar-refractivity contribution < 1.29 is 4.79 Å². The maximum atomic E-state index is 12.4.